The molecule has 1 aromatic carbocycles. The lowest BCUT2D eigenvalue weighted by molar-refractivity contribution is 0.0732. The van der Waals surface area contributed by atoms with Crippen LogP contribution in [0.4, 0.5) is 0 Å². The van der Waals surface area contributed by atoms with Gasteiger partial charge in [0.2, 0.25) is 0 Å². The molecule has 5 nitrogen and oxygen atoms in total. The first kappa shape index (κ1) is 20.7. The van der Waals surface area contributed by atoms with Gasteiger partial charge in [-0.25, -0.2) is 4.99 Å². The van der Waals surface area contributed by atoms with Crippen LogP contribution in [-0.4, -0.2) is 51.8 Å². The third-order valence-corrected chi connectivity index (χ3v) is 5.17. The average Bonchev–Trinajstić information content (AvgIpc) is 2.59. The summed E-state index contributed by atoms with van der Waals surface area (Å²) in [7, 11) is 5.97. The van der Waals surface area contributed by atoms with Gasteiger partial charge in [-0.1, -0.05) is 30.7 Å². The molecule has 0 spiro atoms. The van der Waals surface area contributed by atoms with Crippen molar-refractivity contribution >= 4 is 5.96 Å². The molecule has 1 fully saturated rings. The third-order valence-electron chi connectivity index (χ3n) is 5.17. The first-order valence-electron chi connectivity index (χ1n) is 9.80. The minimum Gasteiger partial charge on any atom is -0.385 e. The van der Waals surface area contributed by atoms with E-state index in [4.69, 9.17) is 9.73 Å². The number of rotatable bonds is 10. The quantitative estimate of drug-likeness (QED) is 0.497. The largest absolute Gasteiger partial charge is 0.385 e. The molecule has 1 aliphatic carbocycles. The topological polar surface area (TPSA) is 48.9 Å². The molecule has 1 saturated carbocycles. The number of ether oxygens (including phenoxy) is 1. The van der Waals surface area contributed by atoms with Crippen LogP contribution in [0.2, 0.25) is 0 Å². The molecule has 0 bridgehead atoms. The second-order valence-corrected chi connectivity index (χ2v) is 7.70. The fourth-order valence-electron chi connectivity index (χ4n) is 3.41. The number of methoxy groups -OCH3 is 1. The summed E-state index contributed by atoms with van der Waals surface area (Å²) in [6.07, 6.45) is 5.04. The van der Waals surface area contributed by atoms with Crippen LogP contribution in [-0.2, 0) is 17.8 Å². The minimum absolute atomic E-state index is 0.389. The van der Waals surface area contributed by atoms with Gasteiger partial charge in [0, 0.05) is 33.4 Å². The smallest absolute Gasteiger partial charge is 0.191 e. The molecule has 0 aromatic heterocycles. The van der Waals surface area contributed by atoms with Crippen molar-refractivity contribution in [3.8, 4) is 0 Å². The van der Waals surface area contributed by atoms with E-state index in [1.807, 2.05) is 0 Å². The van der Waals surface area contributed by atoms with Crippen LogP contribution in [0.1, 0.15) is 43.7 Å². The molecule has 0 unspecified atom stereocenters. The molecule has 5 heteroatoms. The van der Waals surface area contributed by atoms with Gasteiger partial charge in [-0.3, -0.25) is 0 Å². The number of benzene rings is 1. The second kappa shape index (κ2) is 10.5. The monoisotopic (exact) mass is 360 g/mol. The number of nitrogens with one attached hydrogen (secondary N) is 2. The number of aliphatic imine (C=N–C) groups is 1. The average molecular weight is 361 g/mol. The van der Waals surface area contributed by atoms with Crippen molar-refractivity contribution in [2.75, 3.05) is 40.9 Å². The summed E-state index contributed by atoms with van der Waals surface area (Å²) in [6, 6.07) is 8.74. The maximum absolute atomic E-state index is 5.29. The van der Waals surface area contributed by atoms with Crippen LogP contribution in [0, 0.1) is 5.41 Å². The normalized spacial score (nSPS) is 16.4. The Balaban J connectivity index is 1.89. The predicted molar refractivity (Wildman–Crippen MR) is 109 cm³/mol. The number of hydrogen-bond donors (Lipinski definition) is 2. The fraction of sp³-hybridized carbons (Fsp3) is 0.667. The Morgan fingerprint density at radius 1 is 1.15 bits per heavy atom. The predicted octanol–water partition coefficient (Wildman–Crippen LogP) is 3.01. The molecule has 2 rings (SSSR count). The highest BCUT2D eigenvalue weighted by molar-refractivity contribution is 5.79. The van der Waals surface area contributed by atoms with Crippen molar-refractivity contribution in [3.63, 3.8) is 0 Å². The first-order chi connectivity index (χ1) is 12.6. The standard InChI is InChI=1S/C21H36N4O/c1-5-22-20(24-17-21(11-6-12-21)13-14-26-4)23-15-18-7-9-19(10-8-18)16-25(2)3/h7-10H,5-6,11-17H2,1-4H3,(H2,22,23,24). The highest BCUT2D eigenvalue weighted by Gasteiger charge is 2.36. The molecule has 0 saturated heterocycles. The molecule has 0 atom stereocenters. The van der Waals surface area contributed by atoms with Gasteiger partial charge < -0.3 is 20.3 Å². The lowest BCUT2D eigenvalue weighted by Gasteiger charge is -2.42. The Kier molecular flexibility index (Phi) is 8.39. The van der Waals surface area contributed by atoms with Crippen LogP contribution in [0.25, 0.3) is 0 Å². The van der Waals surface area contributed by atoms with Crippen molar-refractivity contribution in [2.45, 2.75) is 45.7 Å². The maximum atomic E-state index is 5.29. The number of nitrogens with zero attached hydrogens (tertiary/aromatic N) is 2. The van der Waals surface area contributed by atoms with E-state index < -0.39 is 0 Å². The summed E-state index contributed by atoms with van der Waals surface area (Å²) in [5, 5.41) is 6.92. The fourth-order valence-corrected chi connectivity index (χ4v) is 3.41. The van der Waals surface area contributed by atoms with Gasteiger partial charge in [-0.2, -0.15) is 0 Å². The molecule has 1 aromatic rings. The van der Waals surface area contributed by atoms with E-state index in [1.54, 1.807) is 7.11 Å². The van der Waals surface area contributed by atoms with Gasteiger partial charge in [0.25, 0.3) is 0 Å². The Labute approximate surface area is 159 Å². The lowest BCUT2D eigenvalue weighted by atomic mass is 9.67. The van der Waals surface area contributed by atoms with E-state index in [-0.39, 0.29) is 0 Å². The first-order valence-corrected chi connectivity index (χ1v) is 9.80. The van der Waals surface area contributed by atoms with Crippen molar-refractivity contribution in [2.24, 2.45) is 10.4 Å². The van der Waals surface area contributed by atoms with Crippen LogP contribution in [0.3, 0.4) is 0 Å². The maximum Gasteiger partial charge on any atom is 0.191 e. The van der Waals surface area contributed by atoms with Gasteiger partial charge in [0.1, 0.15) is 0 Å². The molecule has 0 heterocycles. The Morgan fingerprint density at radius 2 is 1.85 bits per heavy atom. The third kappa shape index (κ3) is 6.61. The van der Waals surface area contributed by atoms with E-state index in [0.29, 0.717) is 12.0 Å². The highest BCUT2D eigenvalue weighted by atomic mass is 16.5. The molecule has 0 radical (unpaired) electrons. The van der Waals surface area contributed by atoms with Crippen LogP contribution < -0.4 is 10.6 Å². The molecule has 1 aliphatic rings. The van der Waals surface area contributed by atoms with Gasteiger partial charge in [-0.15, -0.1) is 0 Å². The van der Waals surface area contributed by atoms with Crippen molar-refractivity contribution in [1.82, 2.24) is 15.5 Å². The van der Waals surface area contributed by atoms with Crippen molar-refractivity contribution < 1.29 is 4.74 Å². The second-order valence-electron chi connectivity index (χ2n) is 7.70. The van der Waals surface area contributed by atoms with Gasteiger partial charge >= 0.3 is 0 Å². The van der Waals surface area contributed by atoms with E-state index >= 15 is 0 Å². The summed E-state index contributed by atoms with van der Waals surface area (Å²) in [4.78, 5) is 6.95. The summed E-state index contributed by atoms with van der Waals surface area (Å²) < 4.78 is 5.29. The summed E-state index contributed by atoms with van der Waals surface area (Å²) in [5.41, 5.74) is 2.96. The van der Waals surface area contributed by atoms with Gasteiger partial charge in [0.05, 0.1) is 6.54 Å². The molecular weight excluding hydrogens is 324 g/mol. The zero-order valence-corrected chi connectivity index (χ0v) is 17.0. The molecular formula is C21H36N4O. The van der Waals surface area contributed by atoms with Crippen LogP contribution in [0.5, 0.6) is 0 Å². The zero-order chi connectivity index (χ0) is 18.8. The van der Waals surface area contributed by atoms with E-state index in [1.165, 1.54) is 30.4 Å². The Morgan fingerprint density at radius 3 is 2.38 bits per heavy atom. The molecule has 146 valence electrons. The number of guanidine groups is 1. The van der Waals surface area contributed by atoms with E-state index in [0.717, 1.165) is 38.6 Å². The highest BCUT2D eigenvalue weighted by Crippen LogP contribution is 2.43. The van der Waals surface area contributed by atoms with Gasteiger partial charge in [-0.05, 0) is 56.8 Å². The Bertz CT molecular complexity index is 550. The zero-order valence-electron chi connectivity index (χ0n) is 17.0. The minimum atomic E-state index is 0.389. The SMILES string of the molecule is CCNC(=NCc1ccc(CN(C)C)cc1)NCC1(CCOC)CCC1. The summed E-state index contributed by atoms with van der Waals surface area (Å²) >= 11 is 0. The summed E-state index contributed by atoms with van der Waals surface area (Å²) in [6.45, 7) is 6.47. The van der Waals surface area contributed by atoms with Crippen LogP contribution >= 0.6 is 0 Å². The summed E-state index contributed by atoms with van der Waals surface area (Å²) in [5.74, 6) is 0.911. The number of hydrogen-bond acceptors (Lipinski definition) is 3. The van der Waals surface area contributed by atoms with Crippen molar-refractivity contribution in [3.05, 3.63) is 35.4 Å². The molecule has 0 amide bonds. The van der Waals surface area contributed by atoms with Gasteiger partial charge in [0.15, 0.2) is 5.96 Å². The van der Waals surface area contributed by atoms with Crippen LogP contribution in [0.15, 0.2) is 29.3 Å². The lowest BCUT2D eigenvalue weighted by Crippen LogP contribution is -2.46. The van der Waals surface area contributed by atoms with E-state index in [2.05, 4.69) is 60.8 Å². The Hall–Kier alpha value is -1.59. The molecule has 26 heavy (non-hydrogen) atoms. The molecule has 0 aliphatic heterocycles. The van der Waals surface area contributed by atoms with E-state index in [9.17, 15) is 0 Å². The van der Waals surface area contributed by atoms with Crippen molar-refractivity contribution in [1.29, 1.82) is 0 Å². The molecule has 2 N–H and O–H groups in total.